The molecule has 0 aliphatic carbocycles. The first-order valence-electron chi connectivity index (χ1n) is 9.53. The van der Waals surface area contributed by atoms with Crippen LogP contribution < -0.4 is 4.90 Å². The van der Waals surface area contributed by atoms with Crippen molar-refractivity contribution in [3.05, 3.63) is 51.8 Å². The summed E-state index contributed by atoms with van der Waals surface area (Å²) in [7, 11) is 0. The number of anilines is 1. The number of rotatable bonds is 6. The summed E-state index contributed by atoms with van der Waals surface area (Å²) < 4.78 is 5.10. The molecule has 1 aliphatic rings. The van der Waals surface area contributed by atoms with Gasteiger partial charge in [0.1, 0.15) is 0 Å². The Balaban J connectivity index is 1.62. The van der Waals surface area contributed by atoms with Crippen molar-refractivity contribution in [2.24, 2.45) is 0 Å². The van der Waals surface area contributed by atoms with Crippen LogP contribution in [0, 0.1) is 13.8 Å². The molecule has 0 spiro atoms. The van der Waals surface area contributed by atoms with E-state index in [9.17, 15) is 9.59 Å². The molecule has 3 rings (SSSR count). The number of aryl methyl sites for hydroxylation is 1. The van der Waals surface area contributed by atoms with Gasteiger partial charge in [0.2, 0.25) is 0 Å². The third kappa shape index (κ3) is 4.39. The molecule has 1 saturated heterocycles. The number of aromatic amines is 1. The van der Waals surface area contributed by atoms with Crippen LogP contribution in [0.3, 0.4) is 0 Å². The first-order chi connectivity index (χ1) is 13.4. The second-order valence-electron chi connectivity index (χ2n) is 7.01. The van der Waals surface area contributed by atoms with Crippen LogP contribution in [0.25, 0.3) is 0 Å². The summed E-state index contributed by atoms with van der Waals surface area (Å²) in [5.74, 6) is -0.393. The molecule has 2 heterocycles. The molecule has 6 nitrogen and oxygen atoms in total. The van der Waals surface area contributed by atoms with Crippen LogP contribution in [-0.2, 0) is 4.74 Å². The Bertz CT molecular complexity index is 870. The van der Waals surface area contributed by atoms with Crippen molar-refractivity contribution in [3.8, 4) is 0 Å². The molecule has 1 N–H and O–H groups in total. The highest BCUT2D eigenvalue weighted by atomic mass is 35.5. The number of piperazine rings is 1. The molecule has 0 amide bonds. The molecule has 1 aromatic heterocycles. The standard InChI is InChI=1S/C21H26ClN3O3/c1-4-28-21(27)19-14(2)20(23-15(19)3)18(26)13-24-8-10-25(11-9-24)17-7-5-6-16(22)12-17/h5-7,12,23H,4,8-11,13H2,1-3H3. The van der Waals surface area contributed by atoms with Gasteiger partial charge in [0, 0.05) is 42.6 Å². The highest BCUT2D eigenvalue weighted by Gasteiger charge is 2.25. The van der Waals surface area contributed by atoms with Crippen LogP contribution >= 0.6 is 11.6 Å². The number of H-pyrrole nitrogens is 1. The maximum absolute atomic E-state index is 12.8. The summed E-state index contributed by atoms with van der Waals surface area (Å²) in [6, 6.07) is 7.83. The average Bonchev–Trinajstić information content (AvgIpc) is 2.97. The average molecular weight is 404 g/mol. The third-order valence-corrected chi connectivity index (χ3v) is 5.34. The zero-order chi connectivity index (χ0) is 20.3. The highest BCUT2D eigenvalue weighted by Crippen LogP contribution is 2.22. The Morgan fingerprint density at radius 3 is 2.54 bits per heavy atom. The van der Waals surface area contributed by atoms with Gasteiger partial charge in [-0.05, 0) is 44.5 Å². The smallest absolute Gasteiger partial charge is 0.340 e. The number of nitrogens with one attached hydrogen (secondary N) is 1. The fourth-order valence-corrected chi connectivity index (χ4v) is 3.84. The van der Waals surface area contributed by atoms with Crippen molar-refractivity contribution in [2.45, 2.75) is 20.8 Å². The number of ether oxygens (including phenoxy) is 1. The molecule has 1 aromatic carbocycles. The van der Waals surface area contributed by atoms with Crippen LogP contribution in [0.5, 0.6) is 0 Å². The van der Waals surface area contributed by atoms with Crippen molar-refractivity contribution in [1.29, 1.82) is 0 Å². The van der Waals surface area contributed by atoms with E-state index in [1.165, 1.54) is 0 Å². The minimum atomic E-state index is -0.386. The van der Waals surface area contributed by atoms with E-state index in [2.05, 4.69) is 20.9 Å². The van der Waals surface area contributed by atoms with Gasteiger partial charge in [-0.2, -0.15) is 0 Å². The maximum Gasteiger partial charge on any atom is 0.340 e. The topological polar surface area (TPSA) is 65.6 Å². The first kappa shape index (κ1) is 20.4. The number of hydrogen-bond donors (Lipinski definition) is 1. The molecule has 150 valence electrons. The van der Waals surface area contributed by atoms with Gasteiger partial charge in [-0.15, -0.1) is 0 Å². The fraction of sp³-hybridized carbons (Fsp3) is 0.429. The SMILES string of the molecule is CCOC(=O)c1c(C)[nH]c(C(=O)CN2CCN(c3cccc(Cl)c3)CC2)c1C. The number of Topliss-reactive ketones (excluding diaryl/α,β-unsaturated/α-hetero) is 1. The van der Waals surface area contributed by atoms with Crippen molar-refractivity contribution < 1.29 is 14.3 Å². The van der Waals surface area contributed by atoms with E-state index in [0.29, 0.717) is 35.7 Å². The molecule has 1 fully saturated rings. The molecule has 0 bridgehead atoms. The number of nitrogens with zero attached hydrogens (tertiary/aromatic N) is 2. The van der Waals surface area contributed by atoms with Gasteiger partial charge in [0.05, 0.1) is 24.4 Å². The van der Waals surface area contributed by atoms with E-state index < -0.39 is 0 Å². The summed E-state index contributed by atoms with van der Waals surface area (Å²) in [4.78, 5) is 32.4. The lowest BCUT2D eigenvalue weighted by Crippen LogP contribution is -2.48. The Labute approximate surface area is 170 Å². The quantitative estimate of drug-likeness (QED) is 0.591. The van der Waals surface area contributed by atoms with E-state index in [0.717, 1.165) is 36.9 Å². The molecule has 7 heteroatoms. The third-order valence-electron chi connectivity index (χ3n) is 5.11. The van der Waals surface area contributed by atoms with Gasteiger partial charge in [-0.25, -0.2) is 4.79 Å². The fourth-order valence-electron chi connectivity index (χ4n) is 3.66. The monoisotopic (exact) mass is 403 g/mol. The van der Waals surface area contributed by atoms with Crippen LogP contribution in [0.2, 0.25) is 5.02 Å². The largest absolute Gasteiger partial charge is 0.462 e. The van der Waals surface area contributed by atoms with E-state index in [1.807, 2.05) is 18.2 Å². The number of carbonyl (C=O) groups excluding carboxylic acids is 2. The van der Waals surface area contributed by atoms with Gasteiger partial charge < -0.3 is 14.6 Å². The van der Waals surface area contributed by atoms with Crippen molar-refractivity contribution in [3.63, 3.8) is 0 Å². The lowest BCUT2D eigenvalue weighted by molar-refractivity contribution is 0.0525. The first-order valence-corrected chi connectivity index (χ1v) is 9.90. The van der Waals surface area contributed by atoms with E-state index in [4.69, 9.17) is 16.3 Å². The molecule has 0 unspecified atom stereocenters. The molecule has 28 heavy (non-hydrogen) atoms. The Morgan fingerprint density at radius 2 is 1.89 bits per heavy atom. The summed E-state index contributed by atoms with van der Waals surface area (Å²) >= 11 is 6.08. The van der Waals surface area contributed by atoms with E-state index >= 15 is 0 Å². The van der Waals surface area contributed by atoms with Gasteiger partial charge in [-0.3, -0.25) is 9.69 Å². The molecule has 2 aromatic rings. The summed E-state index contributed by atoms with van der Waals surface area (Å²) in [6.45, 7) is 9.25. The van der Waals surface area contributed by atoms with Crippen molar-refractivity contribution in [2.75, 3.05) is 44.2 Å². The van der Waals surface area contributed by atoms with Crippen LogP contribution in [0.1, 0.15) is 39.0 Å². The summed E-state index contributed by atoms with van der Waals surface area (Å²) in [5.41, 5.74) is 3.41. The minimum Gasteiger partial charge on any atom is -0.462 e. The van der Waals surface area contributed by atoms with Gasteiger partial charge in [-0.1, -0.05) is 17.7 Å². The number of esters is 1. The lowest BCUT2D eigenvalue weighted by Gasteiger charge is -2.35. The molecular formula is C21H26ClN3O3. The van der Waals surface area contributed by atoms with Gasteiger partial charge in [0.25, 0.3) is 0 Å². The molecule has 0 saturated carbocycles. The number of aromatic nitrogens is 1. The molecule has 0 atom stereocenters. The molecule has 0 radical (unpaired) electrons. The van der Waals surface area contributed by atoms with Gasteiger partial charge >= 0.3 is 5.97 Å². The normalized spacial score (nSPS) is 14.9. The Kier molecular flexibility index (Phi) is 6.42. The number of hydrogen-bond acceptors (Lipinski definition) is 5. The second kappa shape index (κ2) is 8.80. The minimum absolute atomic E-state index is 0.00708. The maximum atomic E-state index is 12.8. The van der Waals surface area contributed by atoms with Crippen LogP contribution in [-0.4, -0.2) is 61.0 Å². The molecule has 1 aliphatic heterocycles. The number of halogens is 1. The predicted octanol–water partition coefficient (Wildman–Crippen LogP) is 3.47. The summed E-state index contributed by atoms with van der Waals surface area (Å²) in [6.07, 6.45) is 0. The highest BCUT2D eigenvalue weighted by molar-refractivity contribution is 6.30. The Morgan fingerprint density at radius 1 is 1.18 bits per heavy atom. The lowest BCUT2D eigenvalue weighted by atomic mass is 10.1. The van der Waals surface area contributed by atoms with Crippen LogP contribution in [0.15, 0.2) is 24.3 Å². The molecular weight excluding hydrogens is 378 g/mol. The van der Waals surface area contributed by atoms with Gasteiger partial charge in [0.15, 0.2) is 5.78 Å². The number of carbonyl (C=O) groups is 2. The number of benzene rings is 1. The Hall–Kier alpha value is -2.31. The van der Waals surface area contributed by atoms with Crippen LogP contribution in [0.4, 0.5) is 5.69 Å². The zero-order valence-corrected chi connectivity index (χ0v) is 17.3. The van der Waals surface area contributed by atoms with Crippen molar-refractivity contribution >= 4 is 29.0 Å². The zero-order valence-electron chi connectivity index (χ0n) is 16.5. The predicted molar refractivity (Wildman–Crippen MR) is 111 cm³/mol. The second-order valence-corrected chi connectivity index (χ2v) is 7.45. The van der Waals surface area contributed by atoms with E-state index in [1.54, 1.807) is 20.8 Å². The number of ketones is 1. The van der Waals surface area contributed by atoms with E-state index in [-0.39, 0.29) is 11.8 Å². The summed E-state index contributed by atoms with van der Waals surface area (Å²) in [5, 5.41) is 0.727. The van der Waals surface area contributed by atoms with Crippen molar-refractivity contribution in [1.82, 2.24) is 9.88 Å².